The predicted octanol–water partition coefficient (Wildman–Crippen LogP) is 6.23. The smallest absolute Gasteiger partial charge is 0.333 e. The highest BCUT2D eigenvalue weighted by atomic mass is 32.2. The summed E-state index contributed by atoms with van der Waals surface area (Å²) < 4.78 is 31.4. The van der Waals surface area contributed by atoms with Crippen molar-refractivity contribution in [1.29, 1.82) is 0 Å². The maximum atomic E-state index is 12.7. The van der Waals surface area contributed by atoms with Gasteiger partial charge in [0.15, 0.2) is 0 Å². The van der Waals surface area contributed by atoms with E-state index < -0.39 is 25.1 Å². The molecule has 0 radical (unpaired) electrons. The molecular weight excluding hydrogens is 449 g/mol. The Morgan fingerprint density at radius 1 is 1.09 bits per heavy atom. The summed E-state index contributed by atoms with van der Waals surface area (Å²) in [4.78, 5) is 12.7. The Labute approximate surface area is 200 Å². The van der Waals surface area contributed by atoms with Gasteiger partial charge in [-0.15, -0.1) is 0 Å². The lowest BCUT2D eigenvalue weighted by atomic mass is 10.1. The third-order valence-corrected chi connectivity index (χ3v) is 6.37. The minimum Gasteiger partial charge on any atom is -0.460 e. The van der Waals surface area contributed by atoms with Crippen molar-refractivity contribution in [3.63, 3.8) is 0 Å². The molecule has 0 aliphatic heterocycles. The van der Waals surface area contributed by atoms with Crippen molar-refractivity contribution in [1.82, 2.24) is 4.72 Å². The summed E-state index contributed by atoms with van der Waals surface area (Å²) in [6.45, 7) is 16.4. The van der Waals surface area contributed by atoms with Gasteiger partial charge in [0.2, 0.25) is 0 Å². The number of hydrogen-bond acceptors (Lipinski definition) is 8. The zero-order valence-corrected chi connectivity index (χ0v) is 22.8. The molecule has 1 aromatic rings. The molecule has 9 heteroatoms. The van der Waals surface area contributed by atoms with E-state index in [0.717, 1.165) is 12.0 Å². The normalized spacial score (nSPS) is 13.7. The van der Waals surface area contributed by atoms with Gasteiger partial charge in [-0.25, -0.2) is 4.72 Å². The first-order chi connectivity index (χ1) is 15.1. The van der Waals surface area contributed by atoms with Crippen LogP contribution in [-0.4, -0.2) is 42.9 Å². The molecule has 0 aromatic heterocycles. The maximum absolute atomic E-state index is 12.7. The van der Waals surface area contributed by atoms with Crippen LogP contribution in [0.2, 0.25) is 0 Å². The summed E-state index contributed by atoms with van der Waals surface area (Å²) in [7, 11) is -0.0784. The second-order valence-electron chi connectivity index (χ2n) is 8.20. The van der Waals surface area contributed by atoms with E-state index in [1.54, 1.807) is 7.11 Å². The predicted molar refractivity (Wildman–Crippen MR) is 133 cm³/mol. The summed E-state index contributed by atoms with van der Waals surface area (Å²) in [5, 5.41) is -0.606. The SMILES string of the molecule is CC.CCC(C)(C)OP(OCC(SNCOC)C(=O)OCc1ccccc1)OC(C)(C)C. The van der Waals surface area contributed by atoms with E-state index in [2.05, 4.69) is 4.72 Å². The topological polar surface area (TPSA) is 75.2 Å². The van der Waals surface area contributed by atoms with Gasteiger partial charge in [0.1, 0.15) is 18.6 Å². The molecule has 0 saturated heterocycles. The van der Waals surface area contributed by atoms with Gasteiger partial charge in [-0.2, -0.15) is 0 Å². The van der Waals surface area contributed by atoms with E-state index in [1.807, 2.05) is 85.7 Å². The Hall–Kier alpha value is -0.730. The molecule has 0 heterocycles. The van der Waals surface area contributed by atoms with Crippen molar-refractivity contribution >= 4 is 26.5 Å². The monoisotopic (exact) mass is 491 g/mol. The first-order valence-corrected chi connectivity index (χ1v) is 12.9. The van der Waals surface area contributed by atoms with E-state index in [9.17, 15) is 4.79 Å². The summed E-state index contributed by atoms with van der Waals surface area (Å²) in [5.41, 5.74) is 0.0776. The van der Waals surface area contributed by atoms with Gasteiger partial charge in [0.25, 0.3) is 0 Å². The fourth-order valence-electron chi connectivity index (χ4n) is 1.86. The van der Waals surface area contributed by atoms with Crippen LogP contribution in [0.25, 0.3) is 0 Å². The number of nitrogens with one attached hydrogen (secondary N) is 1. The number of rotatable bonds is 14. The van der Waals surface area contributed by atoms with Crippen molar-refractivity contribution in [2.24, 2.45) is 0 Å². The molecule has 0 aliphatic carbocycles. The minimum atomic E-state index is -1.65. The summed E-state index contributed by atoms with van der Waals surface area (Å²) in [5.74, 6) is -0.382. The van der Waals surface area contributed by atoms with Gasteiger partial charge in [0.05, 0.1) is 17.8 Å². The van der Waals surface area contributed by atoms with Gasteiger partial charge in [-0.05, 0) is 46.6 Å². The molecule has 0 bridgehead atoms. The molecule has 32 heavy (non-hydrogen) atoms. The second kappa shape index (κ2) is 16.8. The standard InChI is InChI=1S/C21H36NO6PS.C2H6/c1-8-21(5,6)28-29(27-20(2,3)4)26-15-18(30-22-16-24-7)19(23)25-14-17-12-10-9-11-13-17;1-2/h9-13,18,22H,8,14-16H2,1-7H3;1-2H3. The maximum Gasteiger partial charge on any atom is 0.333 e. The Morgan fingerprint density at radius 3 is 2.25 bits per heavy atom. The van der Waals surface area contributed by atoms with Crippen LogP contribution < -0.4 is 4.72 Å². The molecule has 2 atom stereocenters. The Balaban J connectivity index is 0.00000466. The quantitative estimate of drug-likeness (QED) is 0.108. The molecular formula is C23H42NO6PS. The fourth-order valence-corrected chi connectivity index (χ4v) is 4.04. The molecule has 1 N–H and O–H groups in total. The van der Waals surface area contributed by atoms with Crippen molar-refractivity contribution in [2.75, 3.05) is 20.4 Å². The van der Waals surface area contributed by atoms with Crippen LogP contribution in [0.5, 0.6) is 0 Å². The molecule has 0 amide bonds. The fraction of sp³-hybridized carbons (Fsp3) is 0.696. The average Bonchev–Trinajstić information content (AvgIpc) is 2.75. The van der Waals surface area contributed by atoms with E-state index in [0.29, 0.717) is 6.73 Å². The van der Waals surface area contributed by atoms with Gasteiger partial charge in [0, 0.05) is 7.11 Å². The molecule has 0 saturated carbocycles. The summed E-state index contributed by atoms with van der Waals surface area (Å²) >= 11 is 1.20. The van der Waals surface area contributed by atoms with Crippen LogP contribution in [-0.2, 0) is 34.4 Å². The number of carbonyl (C=O) groups excluding carboxylic acids is 1. The van der Waals surface area contributed by atoms with Crippen LogP contribution >= 0.6 is 20.6 Å². The molecule has 7 nitrogen and oxygen atoms in total. The van der Waals surface area contributed by atoms with Crippen molar-refractivity contribution in [2.45, 2.75) is 84.9 Å². The first kappa shape index (κ1) is 31.3. The van der Waals surface area contributed by atoms with E-state index in [-0.39, 0.29) is 19.2 Å². The zero-order valence-electron chi connectivity index (χ0n) is 21.1. The third kappa shape index (κ3) is 15.2. The Bertz CT molecular complexity index is 612. The Kier molecular flexibility index (Phi) is 16.4. The van der Waals surface area contributed by atoms with Gasteiger partial charge in [-0.1, -0.05) is 63.1 Å². The lowest BCUT2D eigenvalue weighted by Gasteiger charge is -2.32. The first-order valence-electron chi connectivity index (χ1n) is 11.0. The number of methoxy groups -OCH3 is 1. The number of benzene rings is 1. The van der Waals surface area contributed by atoms with Crippen LogP contribution in [0.4, 0.5) is 0 Å². The molecule has 0 spiro atoms. The minimum absolute atomic E-state index is 0.0799. The number of esters is 1. The molecule has 2 unspecified atom stereocenters. The summed E-state index contributed by atoms with van der Waals surface area (Å²) in [6.07, 6.45) is 0.801. The van der Waals surface area contributed by atoms with E-state index in [4.69, 9.17) is 23.0 Å². The molecule has 1 rings (SSSR count). The molecule has 1 aromatic carbocycles. The largest absolute Gasteiger partial charge is 0.460 e. The van der Waals surface area contributed by atoms with Crippen LogP contribution in [0.1, 0.15) is 67.4 Å². The van der Waals surface area contributed by atoms with Crippen molar-refractivity contribution in [3.05, 3.63) is 35.9 Å². The average molecular weight is 492 g/mol. The highest BCUT2D eigenvalue weighted by Crippen LogP contribution is 2.48. The van der Waals surface area contributed by atoms with Gasteiger partial charge >= 0.3 is 14.6 Å². The summed E-state index contributed by atoms with van der Waals surface area (Å²) in [6, 6.07) is 9.55. The molecule has 0 aliphatic rings. The van der Waals surface area contributed by atoms with Gasteiger partial charge in [-0.3, -0.25) is 4.79 Å². The van der Waals surface area contributed by atoms with E-state index >= 15 is 0 Å². The van der Waals surface area contributed by atoms with Crippen LogP contribution in [0.15, 0.2) is 30.3 Å². The number of ether oxygens (including phenoxy) is 2. The lowest BCUT2D eigenvalue weighted by molar-refractivity contribution is -0.144. The van der Waals surface area contributed by atoms with Crippen molar-refractivity contribution in [3.8, 4) is 0 Å². The molecule has 0 fully saturated rings. The zero-order chi connectivity index (χ0) is 24.6. The highest BCUT2D eigenvalue weighted by Gasteiger charge is 2.31. The van der Waals surface area contributed by atoms with E-state index in [1.165, 1.54) is 11.9 Å². The number of carbonyl (C=O) groups is 1. The van der Waals surface area contributed by atoms with Gasteiger partial charge < -0.3 is 23.0 Å². The lowest BCUT2D eigenvalue weighted by Crippen LogP contribution is -2.30. The van der Waals surface area contributed by atoms with Crippen LogP contribution in [0.3, 0.4) is 0 Å². The third-order valence-electron chi connectivity index (χ3n) is 3.77. The van der Waals surface area contributed by atoms with Crippen LogP contribution in [0, 0.1) is 0 Å². The number of hydrogen-bond donors (Lipinski definition) is 1. The second-order valence-corrected chi connectivity index (χ2v) is 10.4. The Morgan fingerprint density at radius 2 is 1.72 bits per heavy atom. The molecule has 186 valence electrons. The van der Waals surface area contributed by atoms with Crippen molar-refractivity contribution < 1.29 is 27.8 Å². The highest BCUT2D eigenvalue weighted by molar-refractivity contribution is 7.98.